The molecular weight excluding hydrogens is 474 g/mol. The van der Waals surface area contributed by atoms with Crippen molar-refractivity contribution in [2.75, 3.05) is 6.61 Å². The summed E-state index contributed by atoms with van der Waals surface area (Å²) in [6.45, 7) is 1.68. The van der Waals surface area contributed by atoms with Gasteiger partial charge in [-0.1, -0.05) is 35.6 Å². The number of hydrogen-bond acceptors (Lipinski definition) is 6. The van der Waals surface area contributed by atoms with Crippen molar-refractivity contribution in [1.82, 2.24) is 14.8 Å². The number of nitrogens with zero attached hydrogens (tertiary/aromatic N) is 3. The van der Waals surface area contributed by atoms with Gasteiger partial charge >= 0.3 is 12.3 Å². The molecular formula is C23H17F4N3O3S. The van der Waals surface area contributed by atoms with Crippen LogP contribution in [-0.2, 0) is 22.2 Å². The number of aryl methyl sites for hydroxylation is 1. The van der Waals surface area contributed by atoms with Gasteiger partial charge in [0.1, 0.15) is 5.82 Å². The Morgan fingerprint density at radius 3 is 2.35 bits per heavy atom. The number of alkyl halides is 3. The molecule has 0 saturated carbocycles. The van der Waals surface area contributed by atoms with Gasteiger partial charge < -0.3 is 5.11 Å². The molecule has 0 aliphatic carbocycles. The lowest BCUT2D eigenvalue weighted by molar-refractivity contribution is -0.191. The Labute approximate surface area is 195 Å². The highest BCUT2D eigenvalue weighted by atomic mass is 32.1. The summed E-state index contributed by atoms with van der Waals surface area (Å²) in [5.74, 6) is -0.353. The lowest BCUT2D eigenvalue weighted by Gasteiger charge is -2.07. The van der Waals surface area contributed by atoms with Crippen molar-refractivity contribution in [2.24, 2.45) is 0 Å². The summed E-state index contributed by atoms with van der Waals surface area (Å²) in [6.07, 6.45) is -2.12. The minimum atomic E-state index is -4.42. The predicted molar refractivity (Wildman–Crippen MR) is 116 cm³/mol. The Hall–Kier alpha value is -3.66. The smallest absolute Gasteiger partial charge is 0.396 e. The topological polar surface area (TPSA) is 85.1 Å². The molecule has 0 radical (unpaired) electrons. The number of rotatable bonds is 5. The fourth-order valence-corrected chi connectivity index (χ4v) is 4.25. The third-order valence-electron chi connectivity index (χ3n) is 4.74. The average molecular weight is 491 g/mol. The standard InChI is InChI=1S/C22H17F4N3OS.CO2/c1-13-18(15-3-2-4-17(23)11-15)12-29(28-13)21-27-20(19(31-21)9-10-30)14-5-7-16(8-6-14)22(24,25)26;2-1-3/h2-8,11-12,30H,9-10H2,1H3;. The van der Waals surface area contributed by atoms with Gasteiger partial charge in [0.2, 0.25) is 5.13 Å². The molecule has 2 aromatic carbocycles. The van der Waals surface area contributed by atoms with Gasteiger partial charge in [-0.25, -0.2) is 14.1 Å². The van der Waals surface area contributed by atoms with Crippen molar-refractivity contribution < 1.29 is 32.3 Å². The maximum absolute atomic E-state index is 13.6. The molecule has 4 rings (SSSR count). The molecule has 0 atom stereocenters. The monoisotopic (exact) mass is 491 g/mol. The first kappa shape index (κ1) is 25.0. The Morgan fingerprint density at radius 2 is 1.76 bits per heavy atom. The van der Waals surface area contributed by atoms with E-state index < -0.39 is 11.7 Å². The van der Waals surface area contributed by atoms with Gasteiger partial charge in [0.15, 0.2) is 0 Å². The molecule has 0 aliphatic rings. The van der Waals surface area contributed by atoms with Crippen LogP contribution in [0.4, 0.5) is 17.6 Å². The van der Waals surface area contributed by atoms with E-state index in [1.54, 1.807) is 29.9 Å². The summed E-state index contributed by atoms with van der Waals surface area (Å²) in [5, 5.41) is 14.4. The maximum Gasteiger partial charge on any atom is 0.416 e. The van der Waals surface area contributed by atoms with E-state index in [0.717, 1.165) is 22.6 Å². The fourth-order valence-electron chi connectivity index (χ4n) is 3.25. The molecule has 0 unspecified atom stereocenters. The first-order valence-corrected chi connectivity index (χ1v) is 10.6. The maximum atomic E-state index is 13.6. The number of hydrogen-bond donors (Lipinski definition) is 1. The van der Waals surface area contributed by atoms with Crippen molar-refractivity contribution >= 4 is 17.5 Å². The second-order valence-corrected chi connectivity index (χ2v) is 8.05. The number of thiazole rings is 1. The molecule has 0 saturated heterocycles. The average Bonchev–Trinajstić information content (AvgIpc) is 3.38. The van der Waals surface area contributed by atoms with Gasteiger partial charge in [0.05, 0.1) is 17.0 Å². The zero-order valence-electron chi connectivity index (χ0n) is 17.6. The van der Waals surface area contributed by atoms with E-state index >= 15 is 0 Å². The predicted octanol–water partition coefficient (Wildman–Crippen LogP) is 5.08. The molecule has 0 aliphatic heterocycles. The van der Waals surface area contributed by atoms with Crippen molar-refractivity contribution in [3.8, 4) is 27.5 Å². The summed E-state index contributed by atoms with van der Waals surface area (Å²) in [5.41, 5.74) is 2.39. The van der Waals surface area contributed by atoms with Crippen molar-refractivity contribution in [2.45, 2.75) is 19.5 Å². The molecule has 6 nitrogen and oxygen atoms in total. The van der Waals surface area contributed by atoms with Crippen molar-refractivity contribution in [3.05, 3.63) is 76.7 Å². The van der Waals surface area contributed by atoms with Crippen LogP contribution in [0.25, 0.3) is 27.5 Å². The van der Waals surface area contributed by atoms with Crippen molar-refractivity contribution in [1.29, 1.82) is 0 Å². The van der Waals surface area contributed by atoms with E-state index in [1.807, 2.05) is 0 Å². The number of halogens is 4. The van der Waals surface area contributed by atoms with E-state index in [1.165, 1.54) is 35.6 Å². The highest BCUT2D eigenvalue weighted by molar-refractivity contribution is 7.14. The van der Waals surface area contributed by atoms with E-state index in [-0.39, 0.29) is 18.6 Å². The van der Waals surface area contributed by atoms with E-state index in [2.05, 4.69) is 10.1 Å². The second-order valence-electron chi connectivity index (χ2n) is 6.98. The third-order valence-corrected chi connectivity index (χ3v) is 5.85. The zero-order valence-corrected chi connectivity index (χ0v) is 18.5. The first-order valence-electron chi connectivity index (χ1n) is 9.78. The van der Waals surface area contributed by atoms with E-state index in [0.29, 0.717) is 34.1 Å². The molecule has 176 valence electrons. The first-order chi connectivity index (χ1) is 16.2. The Balaban J connectivity index is 0.00000103. The van der Waals surface area contributed by atoms with Gasteiger partial charge in [-0.2, -0.15) is 27.9 Å². The van der Waals surface area contributed by atoms with Gasteiger partial charge in [-0.3, -0.25) is 0 Å². The van der Waals surface area contributed by atoms with E-state index in [4.69, 9.17) is 9.59 Å². The third kappa shape index (κ3) is 5.63. The molecule has 2 aromatic heterocycles. The fraction of sp³-hybridized carbons (Fsp3) is 0.174. The molecule has 34 heavy (non-hydrogen) atoms. The van der Waals surface area contributed by atoms with Crippen LogP contribution in [0.2, 0.25) is 0 Å². The Bertz CT molecular complexity index is 1310. The number of aromatic nitrogens is 3. The van der Waals surface area contributed by atoms with Crippen LogP contribution in [0.3, 0.4) is 0 Å². The summed E-state index contributed by atoms with van der Waals surface area (Å²) >= 11 is 1.30. The number of aliphatic hydroxyl groups excluding tert-OH is 1. The summed E-state index contributed by atoms with van der Waals surface area (Å²) in [6, 6.07) is 10.9. The van der Waals surface area contributed by atoms with Crippen molar-refractivity contribution in [3.63, 3.8) is 0 Å². The summed E-state index contributed by atoms with van der Waals surface area (Å²) in [4.78, 5) is 21.6. The Morgan fingerprint density at radius 1 is 1.09 bits per heavy atom. The van der Waals surface area contributed by atoms with Crippen LogP contribution in [0.15, 0.2) is 54.7 Å². The van der Waals surface area contributed by atoms with Gasteiger partial charge in [0.25, 0.3) is 0 Å². The van der Waals surface area contributed by atoms with Gasteiger partial charge in [-0.05, 0) is 36.8 Å². The summed E-state index contributed by atoms with van der Waals surface area (Å²) in [7, 11) is 0. The highest BCUT2D eigenvalue weighted by Crippen LogP contribution is 2.35. The number of benzene rings is 2. The lowest BCUT2D eigenvalue weighted by atomic mass is 10.1. The largest absolute Gasteiger partial charge is 0.416 e. The van der Waals surface area contributed by atoms with Gasteiger partial charge in [-0.15, -0.1) is 0 Å². The summed E-state index contributed by atoms with van der Waals surface area (Å²) < 4.78 is 53.8. The minimum Gasteiger partial charge on any atom is -0.396 e. The lowest BCUT2D eigenvalue weighted by Crippen LogP contribution is -2.04. The molecule has 0 fully saturated rings. The normalized spacial score (nSPS) is 11.0. The SMILES string of the molecule is Cc1nn(-c2nc(-c3ccc(C(F)(F)F)cc3)c(CCO)s2)cc1-c1cccc(F)c1.O=C=O. The molecule has 2 heterocycles. The second kappa shape index (κ2) is 10.5. The van der Waals surface area contributed by atoms with Crippen LogP contribution >= 0.6 is 11.3 Å². The molecule has 0 bridgehead atoms. The molecule has 11 heteroatoms. The van der Waals surface area contributed by atoms with Gasteiger partial charge in [0, 0.05) is 35.2 Å². The highest BCUT2D eigenvalue weighted by Gasteiger charge is 2.30. The quantitative estimate of drug-likeness (QED) is 0.394. The molecule has 0 spiro atoms. The van der Waals surface area contributed by atoms with Crippen LogP contribution in [0.1, 0.15) is 16.1 Å². The van der Waals surface area contributed by atoms with Crippen LogP contribution in [-0.4, -0.2) is 32.6 Å². The van der Waals surface area contributed by atoms with Crippen LogP contribution in [0, 0.1) is 12.7 Å². The number of carbonyl (C=O) groups excluding carboxylic acids is 2. The van der Waals surface area contributed by atoms with E-state index in [9.17, 15) is 22.7 Å². The zero-order chi connectivity index (χ0) is 24.9. The molecule has 0 amide bonds. The molecule has 1 N–H and O–H groups in total. The van der Waals surface area contributed by atoms with Crippen LogP contribution < -0.4 is 0 Å². The number of aliphatic hydroxyl groups is 1. The minimum absolute atomic E-state index is 0.123. The Kier molecular flexibility index (Phi) is 7.72. The molecule has 4 aromatic rings. The van der Waals surface area contributed by atoms with Crippen LogP contribution in [0.5, 0.6) is 0 Å².